The molecule has 1 aromatic carbocycles. The summed E-state index contributed by atoms with van der Waals surface area (Å²) >= 11 is 0. The number of halogens is 1. The Bertz CT molecular complexity index is 884. The Hall–Kier alpha value is -2.83. The van der Waals surface area contributed by atoms with Crippen LogP contribution in [-0.2, 0) is 11.2 Å². The molecule has 1 saturated heterocycles. The SMILES string of the molecule is O=C(Cc1ccc(F)cc1)N1CCC(c2[nH]nc3nccnc23)CC1. The van der Waals surface area contributed by atoms with E-state index in [1.165, 1.54) is 12.1 Å². The molecule has 0 atom stereocenters. The molecule has 0 saturated carbocycles. The lowest BCUT2D eigenvalue weighted by atomic mass is 9.92. The third-order valence-corrected chi connectivity index (χ3v) is 4.74. The molecule has 128 valence electrons. The minimum Gasteiger partial charge on any atom is -0.342 e. The van der Waals surface area contributed by atoms with E-state index in [-0.39, 0.29) is 11.7 Å². The molecule has 7 heteroatoms. The molecule has 1 aliphatic rings. The standard InChI is InChI=1S/C18H18FN5O/c19-14-3-1-12(2-4-14)11-15(25)24-9-5-13(6-10-24)16-17-18(23-22-16)21-8-7-20-17/h1-4,7-8,13H,5-6,9-11H2,(H,21,22,23). The van der Waals surface area contributed by atoms with Crippen molar-refractivity contribution >= 4 is 17.1 Å². The molecule has 0 radical (unpaired) electrons. The molecule has 2 aromatic heterocycles. The highest BCUT2D eigenvalue weighted by atomic mass is 19.1. The first kappa shape index (κ1) is 15.7. The topological polar surface area (TPSA) is 74.8 Å². The van der Waals surface area contributed by atoms with E-state index < -0.39 is 0 Å². The quantitative estimate of drug-likeness (QED) is 0.795. The predicted molar refractivity (Wildman–Crippen MR) is 90.3 cm³/mol. The number of amides is 1. The summed E-state index contributed by atoms with van der Waals surface area (Å²) < 4.78 is 13.0. The molecule has 6 nitrogen and oxygen atoms in total. The van der Waals surface area contributed by atoms with Gasteiger partial charge < -0.3 is 4.90 Å². The fraction of sp³-hybridized carbons (Fsp3) is 0.333. The van der Waals surface area contributed by atoms with Crippen molar-refractivity contribution < 1.29 is 9.18 Å². The maximum Gasteiger partial charge on any atom is 0.226 e. The van der Waals surface area contributed by atoms with E-state index in [0.717, 1.165) is 29.6 Å². The number of hydrogen-bond acceptors (Lipinski definition) is 4. The Morgan fingerprint density at radius 3 is 2.64 bits per heavy atom. The van der Waals surface area contributed by atoms with Crippen molar-refractivity contribution in [2.24, 2.45) is 0 Å². The van der Waals surface area contributed by atoms with Crippen LogP contribution in [0.4, 0.5) is 4.39 Å². The van der Waals surface area contributed by atoms with Crippen molar-refractivity contribution in [3.8, 4) is 0 Å². The van der Waals surface area contributed by atoms with Crippen molar-refractivity contribution in [2.75, 3.05) is 13.1 Å². The van der Waals surface area contributed by atoms with Gasteiger partial charge >= 0.3 is 0 Å². The molecule has 0 aliphatic carbocycles. The Morgan fingerprint density at radius 1 is 1.16 bits per heavy atom. The van der Waals surface area contributed by atoms with E-state index >= 15 is 0 Å². The van der Waals surface area contributed by atoms with Crippen molar-refractivity contribution in [3.63, 3.8) is 0 Å². The number of H-pyrrole nitrogens is 1. The Labute approximate surface area is 144 Å². The van der Waals surface area contributed by atoms with Gasteiger partial charge in [-0.05, 0) is 30.5 Å². The average Bonchev–Trinajstić information content (AvgIpc) is 3.08. The number of hydrogen-bond donors (Lipinski definition) is 1. The third kappa shape index (κ3) is 3.22. The lowest BCUT2D eigenvalue weighted by molar-refractivity contribution is -0.131. The number of nitrogens with zero attached hydrogens (tertiary/aromatic N) is 4. The zero-order valence-corrected chi connectivity index (χ0v) is 13.7. The Balaban J connectivity index is 1.39. The molecule has 0 bridgehead atoms. The van der Waals surface area contributed by atoms with E-state index in [0.29, 0.717) is 31.1 Å². The summed E-state index contributed by atoms with van der Waals surface area (Å²) in [6.45, 7) is 1.40. The van der Waals surface area contributed by atoms with E-state index in [1.807, 2.05) is 4.90 Å². The largest absolute Gasteiger partial charge is 0.342 e. The van der Waals surface area contributed by atoms with Crippen molar-refractivity contribution in [3.05, 3.63) is 53.7 Å². The van der Waals surface area contributed by atoms with Gasteiger partial charge in [0.25, 0.3) is 0 Å². The lowest BCUT2D eigenvalue weighted by Crippen LogP contribution is -2.38. The van der Waals surface area contributed by atoms with Gasteiger partial charge in [0.1, 0.15) is 11.3 Å². The molecule has 25 heavy (non-hydrogen) atoms. The molecule has 1 amide bonds. The summed E-state index contributed by atoms with van der Waals surface area (Å²) in [4.78, 5) is 22.9. The van der Waals surface area contributed by atoms with Crippen molar-refractivity contribution in [1.82, 2.24) is 25.1 Å². The molecule has 1 aliphatic heterocycles. The second kappa shape index (κ2) is 6.58. The molecule has 3 heterocycles. The minimum absolute atomic E-state index is 0.0827. The summed E-state index contributed by atoms with van der Waals surface area (Å²) in [5.74, 6) is 0.0998. The number of carbonyl (C=O) groups is 1. The van der Waals surface area contributed by atoms with E-state index in [9.17, 15) is 9.18 Å². The fourth-order valence-electron chi connectivity index (χ4n) is 3.36. The first-order valence-electron chi connectivity index (χ1n) is 8.38. The van der Waals surface area contributed by atoms with Crippen LogP contribution >= 0.6 is 0 Å². The van der Waals surface area contributed by atoms with Gasteiger partial charge in [0.2, 0.25) is 5.91 Å². The number of aromatic amines is 1. The second-order valence-corrected chi connectivity index (χ2v) is 6.32. The third-order valence-electron chi connectivity index (χ3n) is 4.74. The van der Waals surface area contributed by atoms with Crippen LogP contribution in [-0.4, -0.2) is 44.1 Å². The second-order valence-electron chi connectivity index (χ2n) is 6.32. The van der Waals surface area contributed by atoms with Gasteiger partial charge in [0.15, 0.2) is 5.65 Å². The number of aromatic nitrogens is 4. The number of fused-ring (bicyclic) bond motifs is 1. The van der Waals surface area contributed by atoms with Crippen LogP contribution in [0.3, 0.4) is 0 Å². The highest BCUT2D eigenvalue weighted by Gasteiger charge is 2.26. The van der Waals surface area contributed by atoms with Gasteiger partial charge in [0.05, 0.1) is 12.1 Å². The van der Waals surface area contributed by atoms with E-state index in [1.54, 1.807) is 24.5 Å². The smallest absolute Gasteiger partial charge is 0.226 e. The Kier molecular flexibility index (Phi) is 4.13. The van der Waals surface area contributed by atoms with Gasteiger partial charge in [-0.2, -0.15) is 5.10 Å². The number of nitrogens with one attached hydrogen (secondary N) is 1. The molecule has 0 spiro atoms. The van der Waals surface area contributed by atoms with Gasteiger partial charge in [0, 0.05) is 31.4 Å². The van der Waals surface area contributed by atoms with Crippen LogP contribution in [0.1, 0.15) is 30.0 Å². The minimum atomic E-state index is -0.285. The molecular formula is C18H18FN5O. The van der Waals surface area contributed by atoms with Crippen LogP contribution < -0.4 is 0 Å². The summed E-state index contributed by atoms with van der Waals surface area (Å²) in [5.41, 5.74) is 3.29. The van der Waals surface area contributed by atoms with Crippen molar-refractivity contribution in [1.29, 1.82) is 0 Å². The van der Waals surface area contributed by atoms with Crippen LogP contribution in [0.15, 0.2) is 36.7 Å². The zero-order chi connectivity index (χ0) is 17.2. The first-order chi connectivity index (χ1) is 12.2. The van der Waals surface area contributed by atoms with Crippen LogP contribution in [0.5, 0.6) is 0 Å². The fourth-order valence-corrected chi connectivity index (χ4v) is 3.36. The number of rotatable bonds is 3. The van der Waals surface area contributed by atoms with Crippen molar-refractivity contribution in [2.45, 2.75) is 25.2 Å². The number of carbonyl (C=O) groups excluding carboxylic acids is 1. The van der Waals surface area contributed by atoms with Gasteiger partial charge in [-0.15, -0.1) is 0 Å². The van der Waals surface area contributed by atoms with E-state index in [2.05, 4.69) is 20.2 Å². The van der Waals surface area contributed by atoms with Gasteiger partial charge in [-0.1, -0.05) is 12.1 Å². The summed E-state index contributed by atoms with van der Waals surface area (Å²) in [6.07, 6.45) is 5.34. The maximum absolute atomic E-state index is 13.0. The zero-order valence-electron chi connectivity index (χ0n) is 13.7. The summed E-state index contributed by atoms with van der Waals surface area (Å²) in [6, 6.07) is 6.10. The average molecular weight is 339 g/mol. The predicted octanol–water partition coefficient (Wildman–Crippen LogP) is 2.44. The van der Waals surface area contributed by atoms with Gasteiger partial charge in [-0.3, -0.25) is 9.89 Å². The molecular weight excluding hydrogens is 321 g/mol. The van der Waals surface area contributed by atoms with E-state index in [4.69, 9.17) is 0 Å². The van der Waals surface area contributed by atoms with Crippen LogP contribution in [0.25, 0.3) is 11.2 Å². The molecule has 3 aromatic rings. The molecule has 1 N–H and O–H groups in total. The monoisotopic (exact) mass is 339 g/mol. The molecule has 4 rings (SSSR count). The Morgan fingerprint density at radius 2 is 1.88 bits per heavy atom. The number of piperidine rings is 1. The maximum atomic E-state index is 13.0. The number of likely N-dealkylation sites (tertiary alicyclic amines) is 1. The summed E-state index contributed by atoms with van der Waals surface area (Å²) in [5, 5.41) is 7.26. The van der Waals surface area contributed by atoms with Crippen LogP contribution in [0.2, 0.25) is 0 Å². The molecule has 0 unspecified atom stereocenters. The highest BCUT2D eigenvalue weighted by molar-refractivity contribution is 5.79. The normalized spacial score (nSPS) is 15.6. The van der Waals surface area contributed by atoms with Crippen LogP contribution in [0, 0.1) is 5.82 Å². The molecule has 1 fully saturated rings. The first-order valence-corrected chi connectivity index (χ1v) is 8.38. The number of benzene rings is 1. The summed E-state index contributed by atoms with van der Waals surface area (Å²) in [7, 11) is 0. The lowest BCUT2D eigenvalue weighted by Gasteiger charge is -2.31. The van der Waals surface area contributed by atoms with Gasteiger partial charge in [-0.25, -0.2) is 14.4 Å². The highest BCUT2D eigenvalue weighted by Crippen LogP contribution is 2.30.